The number of hydrogen-bond donors (Lipinski definition) is 0. The Morgan fingerprint density at radius 3 is 2.25 bits per heavy atom. The Morgan fingerprint density at radius 2 is 1.62 bits per heavy atom. The maximum Gasteiger partial charge on any atom is 0.172 e. The van der Waals surface area contributed by atoms with Gasteiger partial charge in [-0.2, -0.15) is 0 Å². The predicted octanol–water partition coefficient (Wildman–Crippen LogP) is 2.40. The molecular weight excluding hydrogens is 198 g/mol. The van der Waals surface area contributed by atoms with E-state index in [1.54, 1.807) is 0 Å². The molecule has 2 aromatic rings. The SMILES string of the molecule is Cc1ccc(COc2cc[n+](C)cc2)cc1. The number of nitrogens with zero attached hydrogens (tertiary/aromatic N) is 1. The van der Waals surface area contributed by atoms with E-state index in [0.29, 0.717) is 6.61 Å². The average Bonchev–Trinajstić information content (AvgIpc) is 2.30. The summed E-state index contributed by atoms with van der Waals surface area (Å²) in [5.74, 6) is 0.902. The molecule has 0 N–H and O–H groups in total. The van der Waals surface area contributed by atoms with Crippen LogP contribution in [0.2, 0.25) is 0 Å². The second-order valence-corrected chi connectivity index (χ2v) is 3.97. The Hall–Kier alpha value is -1.83. The normalized spacial score (nSPS) is 10.1. The van der Waals surface area contributed by atoms with Crippen molar-refractivity contribution in [3.05, 3.63) is 59.9 Å². The van der Waals surface area contributed by atoms with E-state index in [1.165, 1.54) is 11.1 Å². The smallest absolute Gasteiger partial charge is 0.172 e. The summed E-state index contributed by atoms with van der Waals surface area (Å²) in [4.78, 5) is 0. The molecule has 2 rings (SSSR count). The first-order chi connectivity index (χ1) is 7.74. The second kappa shape index (κ2) is 4.79. The number of ether oxygens (including phenoxy) is 1. The van der Waals surface area contributed by atoms with E-state index in [2.05, 4.69) is 31.2 Å². The lowest BCUT2D eigenvalue weighted by Gasteiger charge is -2.05. The lowest BCUT2D eigenvalue weighted by Crippen LogP contribution is -2.25. The first-order valence-electron chi connectivity index (χ1n) is 5.38. The van der Waals surface area contributed by atoms with Gasteiger partial charge in [0.1, 0.15) is 19.4 Å². The van der Waals surface area contributed by atoms with Crippen LogP contribution in [0.25, 0.3) is 0 Å². The van der Waals surface area contributed by atoms with Gasteiger partial charge in [0.2, 0.25) is 0 Å². The molecule has 0 aliphatic heterocycles. The summed E-state index contributed by atoms with van der Waals surface area (Å²) >= 11 is 0. The first kappa shape index (κ1) is 10.7. The number of aryl methyl sites for hydroxylation is 2. The van der Waals surface area contributed by atoms with Gasteiger partial charge in [-0.3, -0.25) is 0 Å². The monoisotopic (exact) mass is 214 g/mol. The minimum absolute atomic E-state index is 0.619. The molecule has 0 aliphatic rings. The zero-order valence-electron chi connectivity index (χ0n) is 9.68. The van der Waals surface area contributed by atoms with Crippen molar-refractivity contribution in [2.24, 2.45) is 7.05 Å². The molecule has 2 nitrogen and oxygen atoms in total. The van der Waals surface area contributed by atoms with Gasteiger partial charge in [0.05, 0.1) is 0 Å². The highest BCUT2D eigenvalue weighted by molar-refractivity contribution is 5.22. The van der Waals surface area contributed by atoms with Gasteiger partial charge in [0.25, 0.3) is 0 Å². The third-order valence-corrected chi connectivity index (χ3v) is 2.47. The van der Waals surface area contributed by atoms with E-state index in [0.717, 1.165) is 5.75 Å². The van der Waals surface area contributed by atoms with Crippen molar-refractivity contribution in [1.29, 1.82) is 0 Å². The summed E-state index contributed by atoms with van der Waals surface area (Å²) in [7, 11) is 1.99. The van der Waals surface area contributed by atoms with Crippen LogP contribution in [0.5, 0.6) is 5.75 Å². The summed E-state index contributed by atoms with van der Waals surface area (Å²) in [6, 6.07) is 12.3. The third-order valence-electron chi connectivity index (χ3n) is 2.47. The molecular formula is C14H16NO+. The van der Waals surface area contributed by atoms with E-state index in [-0.39, 0.29) is 0 Å². The quantitative estimate of drug-likeness (QED) is 0.715. The number of hydrogen-bond acceptors (Lipinski definition) is 1. The first-order valence-corrected chi connectivity index (χ1v) is 5.38. The minimum atomic E-state index is 0.619. The summed E-state index contributed by atoms with van der Waals surface area (Å²) < 4.78 is 7.66. The van der Waals surface area contributed by atoms with Crippen LogP contribution in [0, 0.1) is 6.92 Å². The fourth-order valence-corrected chi connectivity index (χ4v) is 1.43. The van der Waals surface area contributed by atoms with E-state index in [1.807, 2.05) is 36.1 Å². The number of aromatic nitrogens is 1. The van der Waals surface area contributed by atoms with E-state index >= 15 is 0 Å². The predicted molar refractivity (Wildman–Crippen MR) is 63.1 cm³/mol. The number of rotatable bonds is 3. The molecule has 0 atom stereocenters. The van der Waals surface area contributed by atoms with Gasteiger partial charge in [-0.1, -0.05) is 29.8 Å². The Labute approximate surface area is 96.1 Å². The topological polar surface area (TPSA) is 13.1 Å². The summed E-state index contributed by atoms with van der Waals surface area (Å²) in [5.41, 5.74) is 2.47. The van der Waals surface area contributed by atoms with Crippen molar-refractivity contribution in [1.82, 2.24) is 0 Å². The highest BCUT2D eigenvalue weighted by Crippen LogP contribution is 2.10. The van der Waals surface area contributed by atoms with Gasteiger partial charge < -0.3 is 4.74 Å². The van der Waals surface area contributed by atoms with Crippen molar-refractivity contribution in [3.8, 4) is 5.75 Å². The van der Waals surface area contributed by atoms with Crippen molar-refractivity contribution in [2.75, 3.05) is 0 Å². The Morgan fingerprint density at radius 1 is 1.00 bits per heavy atom. The van der Waals surface area contributed by atoms with Crippen LogP contribution >= 0.6 is 0 Å². The number of pyridine rings is 1. The maximum atomic E-state index is 5.67. The molecule has 0 fully saturated rings. The van der Waals surface area contributed by atoms with Crippen LogP contribution < -0.4 is 9.30 Å². The van der Waals surface area contributed by atoms with Gasteiger partial charge in [-0.15, -0.1) is 0 Å². The standard InChI is InChI=1S/C14H16NO/c1-12-3-5-13(6-4-12)11-16-14-7-9-15(2)10-8-14/h3-10H,11H2,1-2H3/q+1. The van der Waals surface area contributed by atoms with Crippen LogP contribution in [0.15, 0.2) is 48.8 Å². The molecule has 0 aliphatic carbocycles. The molecule has 0 saturated heterocycles. The van der Waals surface area contributed by atoms with Crippen LogP contribution in [0.4, 0.5) is 0 Å². The Kier molecular flexibility index (Phi) is 3.20. The lowest BCUT2D eigenvalue weighted by atomic mass is 10.2. The zero-order valence-corrected chi connectivity index (χ0v) is 9.68. The maximum absolute atomic E-state index is 5.67. The average molecular weight is 214 g/mol. The highest BCUT2D eigenvalue weighted by atomic mass is 16.5. The molecule has 0 radical (unpaired) electrons. The largest absolute Gasteiger partial charge is 0.488 e. The minimum Gasteiger partial charge on any atom is -0.488 e. The fourth-order valence-electron chi connectivity index (χ4n) is 1.43. The molecule has 0 spiro atoms. The Bertz CT molecular complexity index is 400. The lowest BCUT2D eigenvalue weighted by molar-refractivity contribution is -0.671. The van der Waals surface area contributed by atoms with Crippen LogP contribution in [-0.4, -0.2) is 0 Å². The molecule has 16 heavy (non-hydrogen) atoms. The van der Waals surface area contributed by atoms with Crippen LogP contribution in [0.1, 0.15) is 11.1 Å². The third kappa shape index (κ3) is 2.83. The molecule has 0 amide bonds. The molecule has 82 valence electrons. The molecule has 0 saturated carbocycles. The zero-order chi connectivity index (χ0) is 11.4. The van der Waals surface area contributed by atoms with Crippen molar-refractivity contribution >= 4 is 0 Å². The molecule has 1 aromatic carbocycles. The molecule has 1 heterocycles. The molecule has 0 bridgehead atoms. The van der Waals surface area contributed by atoms with Gasteiger partial charge >= 0.3 is 0 Å². The Balaban J connectivity index is 1.97. The second-order valence-electron chi connectivity index (χ2n) is 3.97. The van der Waals surface area contributed by atoms with Gasteiger partial charge in [-0.25, -0.2) is 4.57 Å². The van der Waals surface area contributed by atoms with E-state index in [4.69, 9.17) is 4.74 Å². The van der Waals surface area contributed by atoms with Crippen molar-refractivity contribution in [3.63, 3.8) is 0 Å². The van der Waals surface area contributed by atoms with Gasteiger partial charge in [0.15, 0.2) is 12.4 Å². The summed E-state index contributed by atoms with van der Waals surface area (Å²) in [6.45, 7) is 2.70. The summed E-state index contributed by atoms with van der Waals surface area (Å²) in [6.07, 6.45) is 3.95. The van der Waals surface area contributed by atoms with Crippen molar-refractivity contribution < 1.29 is 9.30 Å². The van der Waals surface area contributed by atoms with E-state index < -0.39 is 0 Å². The van der Waals surface area contributed by atoms with Gasteiger partial charge in [-0.05, 0) is 12.5 Å². The fraction of sp³-hybridized carbons (Fsp3) is 0.214. The van der Waals surface area contributed by atoms with Gasteiger partial charge in [0, 0.05) is 12.1 Å². The highest BCUT2D eigenvalue weighted by Gasteiger charge is 1.97. The number of benzene rings is 1. The van der Waals surface area contributed by atoms with E-state index in [9.17, 15) is 0 Å². The van der Waals surface area contributed by atoms with Crippen LogP contribution in [-0.2, 0) is 13.7 Å². The molecule has 2 heteroatoms. The van der Waals surface area contributed by atoms with Crippen molar-refractivity contribution in [2.45, 2.75) is 13.5 Å². The summed E-state index contributed by atoms with van der Waals surface area (Å²) in [5, 5.41) is 0. The van der Waals surface area contributed by atoms with Crippen LogP contribution in [0.3, 0.4) is 0 Å². The molecule has 0 unspecified atom stereocenters. The molecule has 1 aromatic heterocycles.